The molecule has 0 aliphatic heterocycles. The SMILES string of the molecule is CNc1ccnc(CSc2nc(C)c(C)c(C)n2)c1. The van der Waals surface area contributed by atoms with E-state index in [1.807, 2.05) is 39.2 Å². The standard InChI is InChI=1S/C14H18N4S/c1-9-10(2)17-14(18-11(9)3)19-8-13-7-12(15-4)5-6-16-13/h5-7H,8H2,1-4H3,(H,15,16). The maximum atomic E-state index is 4.50. The molecule has 2 aromatic rings. The second-order valence-corrected chi connectivity index (χ2v) is 5.32. The summed E-state index contributed by atoms with van der Waals surface area (Å²) in [6.07, 6.45) is 1.81. The summed E-state index contributed by atoms with van der Waals surface area (Å²) in [4.78, 5) is 13.3. The van der Waals surface area contributed by atoms with E-state index in [0.29, 0.717) is 0 Å². The van der Waals surface area contributed by atoms with Crippen LogP contribution in [0.5, 0.6) is 0 Å². The van der Waals surface area contributed by atoms with Crippen LogP contribution in [0.2, 0.25) is 0 Å². The van der Waals surface area contributed by atoms with Crippen molar-refractivity contribution in [1.29, 1.82) is 0 Å². The molecule has 19 heavy (non-hydrogen) atoms. The van der Waals surface area contributed by atoms with Crippen LogP contribution in [0.15, 0.2) is 23.5 Å². The fraction of sp³-hybridized carbons (Fsp3) is 0.357. The topological polar surface area (TPSA) is 50.7 Å². The van der Waals surface area contributed by atoms with Gasteiger partial charge in [0, 0.05) is 36.1 Å². The minimum Gasteiger partial charge on any atom is -0.388 e. The number of pyridine rings is 1. The Morgan fingerprint density at radius 3 is 2.47 bits per heavy atom. The summed E-state index contributed by atoms with van der Waals surface area (Å²) in [6.45, 7) is 6.10. The first-order valence-corrected chi connectivity index (χ1v) is 7.16. The predicted octanol–water partition coefficient (Wildman–Crippen LogP) is 3.13. The van der Waals surface area contributed by atoms with Crippen LogP contribution in [-0.4, -0.2) is 22.0 Å². The number of rotatable bonds is 4. The van der Waals surface area contributed by atoms with Gasteiger partial charge in [0.15, 0.2) is 5.16 Å². The maximum Gasteiger partial charge on any atom is 0.188 e. The highest BCUT2D eigenvalue weighted by Crippen LogP contribution is 2.21. The van der Waals surface area contributed by atoms with Crippen LogP contribution in [0.25, 0.3) is 0 Å². The molecular formula is C14H18N4S. The zero-order chi connectivity index (χ0) is 13.8. The van der Waals surface area contributed by atoms with E-state index >= 15 is 0 Å². The van der Waals surface area contributed by atoms with Gasteiger partial charge in [-0.05, 0) is 38.5 Å². The van der Waals surface area contributed by atoms with E-state index in [-0.39, 0.29) is 0 Å². The molecule has 4 nitrogen and oxygen atoms in total. The van der Waals surface area contributed by atoms with Crippen LogP contribution in [0.3, 0.4) is 0 Å². The summed E-state index contributed by atoms with van der Waals surface area (Å²) >= 11 is 1.62. The van der Waals surface area contributed by atoms with Gasteiger partial charge in [0.2, 0.25) is 0 Å². The van der Waals surface area contributed by atoms with Crippen molar-refractivity contribution in [3.63, 3.8) is 0 Å². The third kappa shape index (κ3) is 3.44. The maximum absolute atomic E-state index is 4.50. The number of hydrogen-bond acceptors (Lipinski definition) is 5. The average molecular weight is 274 g/mol. The molecular weight excluding hydrogens is 256 g/mol. The molecule has 2 rings (SSSR count). The molecule has 0 saturated heterocycles. The molecule has 0 amide bonds. The van der Waals surface area contributed by atoms with Crippen molar-refractivity contribution in [3.8, 4) is 0 Å². The molecule has 0 spiro atoms. The molecule has 2 aromatic heterocycles. The van der Waals surface area contributed by atoms with Gasteiger partial charge in [-0.3, -0.25) is 4.98 Å². The summed E-state index contributed by atoms with van der Waals surface area (Å²) in [5, 5.41) is 3.93. The highest BCUT2D eigenvalue weighted by molar-refractivity contribution is 7.98. The molecule has 0 unspecified atom stereocenters. The third-order valence-electron chi connectivity index (χ3n) is 3.07. The fourth-order valence-corrected chi connectivity index (χ4v) is 2.49. The number of nitrogens with zero attached hydrogens (tertiary/aromatic N) is 3. The van der Waals surface area contributed by atoms with Crippen molar-refractivity contribution >= 4 is 17.4 Å². The first kappa shape index (κ1) is 13.8. The zero-order valence-corrected chi connectivity index (χ0v) is 12.5. The summed E-state index contributed by atoms with van der Waals surface area (Å²) in [7, 11) is 1.90. The van der Waals surface area contributed by atoms with E-state index in [1.54, 1.807) is 11.8 Å². The molecule has 0 radical (unpaired) electrons. The van der Waals surface area contributed by atoms with Crippen LogP contribution in [0.1, 0.15) is 22.6 Å². The Morgan fingerprint density at radius 2 is 1.84 bits per heavy atom. The lowest BCUT2D eigenvalue weighted by molar-refractivity contribution is 0.880. The van der Waals surface area contributed by atoms with E-state index in [1.165, 1.54) is 5.56 Å². The van der Waals surface area contributed by atoms with E-state index in [2.05, 4.69) is 27.2 Å². The van der Waals surface area contributed by atoms with Gasteiger partial charge >= 0.3 is 0 Å². The number of hydrogen-bond donors (Lipinski definition) is 1. The lowest BCUT2D eigenvalue weighted by atomic mass is 10.2. The second kappa shape index (κ2) is 6.02. The van der Waals surface area contributed by atoms with Crippen LogP contribution >= 0.6 is 11.8 Å². The van der Waals surface area contributed by atoms with Crippen molar-refractivity contribution in [2.75, 3.05) is 12.4 Å². The van der Waals surface area contributed by atoms with Gasteiger partial charge in [0.25, 0.3) is 0 Å². The number of thioether (sulfide) groups is 1. The number of nitrogens with one attached hydrogen (secondary N) is 1. The molecule has 0 atom stereocenters. The van der Waals surface area contributed by atoms with Crippen molar-refractivity contribution < 1.29 is 0 Å². The van der Waals surface area contributed by atoms with Crippen molar-refractivity contribution in [3.05, 3.63) is 41.0 Å². The van der Waals surface area contributed by atoms with Gasteiger partial charge in [-0.1, -0.05) is 11.8 Å². The van der Waals surface area contributed by atoms with E-state index < -0.39 is 0 Å². The van der Waals surface area contributed by atoms with Crippen molar-refractivity contribution in [2.45, 2.75) is 31.7 Å². The Balaban J connectivity index is 2.10. The molecule has 0 fully saturated rings. The summed E-state index contributed by atoms with van der Waals surface area (Å²) < 4.78 is 0. The normalized spacial score (nSPS) is 10.5. The summed E-state index contributed by atoms with van der Waals surface area (Å²) in [5.41, 5.74) is 5.36. The molecule has 0 aliphatic rings. The van der Waals surface area contributed by atoms with Gasteiger partial charge in [-0.25, -0.2) is 9.97 Å². The second-order valence-electron chi connectivity index (χ2n) is 4.38. The number of aromatic nitrogens is 3. The zero-order valence-electron chi connectivity index (χ0n) is 11.7. The minimum absolute atomic E-state index is 0.775. The van der Waals surface area contributed by atoms with Gasteiger partial charge in [0.1, 0.15) is 0 Å². The van der Waals surface area contributed by atoms with Gasteiger partial charge < -0.3 is 5.32 Å². The molecule has 0 aliphatic carbocycles. The van der Waals surface area contributed by atoms with E-state index in [9.17, 15) is 0 Å². The molecule has 5 heteroatoms. The first-order chi connectivity index (χ1) is 9.10. The summed E-state index contributed by atoms with van der Waals surface area (Å²) in [6, 6.07) is 3.99. The van der Waals surface area contributed by atoms with Crippen LogP contribution in [-0.2, 0) is 5.75 Å². The van der Waals surface area contributed by atoms with Gasteiger partial charge in [-0.2, -0.15) is 0 Å². The lowest BCUT2D eigenvalue weighted by Crippen LogP contribution is -1.98. The Kier molecular flexibility index (Phi) is 4.37. The number of anilines is 1. The predicted molar refractivity (Wildman–Crippen MR) is 79.6 cm³/mol. The highest BCUT2D eigenvalue weighted by Gasteiger charge is 2.06. The molecule has 1 N–H and O–H groups in total. The van der Waals surface area contributed by atoms with Crippen molar-refractivity contribution in [2.24, 2.45) is 0 Å². The Bertz CT molecular complexity index is 560. The van der Waals surface area contributed by atoms with Crippen LogP contribution in [0, 0.1) is 20.8 Å². The minimum atomic E-state index is 0.775. The Hall–Kier alpha value is -1.62. The van der Waals surface area contributed by atoms with E-state index in [0.717, 1.165) is 33.7 Å². The van der Waals surface area contributed by atoms with Gasteiger partial charge in [0.05, 0.1) is 5.69 Å². The van der Waals surface area contributed by atoms with Crippen molar-refractivity contribution in [1.82, 2.24) is 15.0 Å². The fourth-order valence-electron chi connectivity index (χ4n) is 1.66. The molecule has 0 aromatic carbocycles. The molecule has 0 bridgehead atoms. The monoisotopic (exact) mass is 274 g/mol. The third-order valence-corrected chi connectivity index (χ3v) is 3.95. The molecule has 0 saturated carbocycles. The summed E-state index contributed by atoms with van der Waals surface area (Å²) in [5.74, 6) is 0.775. The molecule has 100 valence electrons. The number of aryl methyl sites for hydroxylation is 2. The smallest absolute Gasteiger partial charge is 0.188 e. The van der Waals surface area contributed by atoms with Gasteiger partial charge in [-0.15, -0.1) is 0 Å². The average Bonchev–Trinajstić information content (AvgIpc) is 2.42. The Morgan fingerprint density at radius 1 is 1.16 bits per heavy atom. The van der Waals surface area contributed by atoms with E-state index in [4.69, 9.17) is 0 Å². The van der Waals surface area contributed by atoms with Crippen LogP contribution in [0.4, 0.5) is 5.69 Å². The molecule has 2 heterocycles. The Labute approximate surface area is 118 Å². The van der Waals surface area contributed by atoms with Crippen LogP contribution < -0.4 is 5.32 Å². The lowest BCUT2D eigenvalue weighted by Gasteiger charge is -2.07. The highest BCUT2D eigenvalue weighted by atomic mass is 32.2. The first-order valence-electron chi connectivity index (χ1n) is 6.17. The largest absolute Gasteiger partial charge is 0.388 e. The quantitative estimate of drug-likeness (QED) is 0.685.